The number of hydrogen-bond acceptors (Lipinski definition) is 4. The average Bonchev–Trinajstić information content (AvgIpc) is 3.30. The standard InChI is InChI=1S/C27H23ClN4O2/c1-2-3-17-34-23-15-9-19(10-16-23)25-30-26-24(29-18-31(26)21-7-5-4-6-8-21)27(33)32(25)22-13-11-20(28)12-14-22/h4-16,18H,2-3,17H2,1H3. The van der Waals surface area contributed by atoms with Crippen molar-refractivity contribution in [3.63, 3.8) is 0 Å². The molecule has 5 rings (SSSR count). The molecule has 0 N–H and O–H groups in total. The molecule has 0 saturated carbocycles. The summed E-state index contributed by atoms with van der Waals surface area (Å²) in [6.45, 7) is 2.80. The van der Waals surface area contributed by atoms with Gasteiger partial charge in [-0.3, -0.25) is 13.9 Å². The van der Waals surface area contributed by atoms with Gasteiger partial charge >= 0.3 is 0 Å². The van der Waals surface area contributed by atoms with E-state index in [0.29, 0.717) is 34.3 Å². The normalized spacial score (nSPS) is 11.1. The molecule has 0 aliphatic heterocycles. The number of ether oxygens (including phenoxy) is 1. The van der Waals surface area contributed by atoms with E-state index >= 15 is 0 Å². The number of para-hydroxylation sites is 1. The lowest BCUT2D eigenvalue weighted by atomic mass is 10.2. The van der Waals surface area contributed by atoms with Crippen LogP contribution in [0.3, 0.4) is 0 Å². The Hall–Kier alpha value is -3.90. The van der Waals surface area contributed by atoms with Gasteiger partial charge in [0, 0.05) is 16.3 Å². The topological polar surface area (TPSA) is 61.9 Å². The second-order valence-corrected chi connectivity index (χ2v) is 8.34. The minimum absolute atomic E-state index is 0.250. The number of nitrogens with zero attached hydrogens (tertiary/aromatic N) is 4. The maximum atomic E-state index is 13.7. The van der Waals surface area contributed by atoms with Gasteiger partial charge in [-0.15, -0.1) is 0 Å². The van der Waals surface area contributed by atoms with Gasteiger partial charge in [0.2, 0.25) is 0 Å². The first-order chi connectivity index (χ1) is 16.7. The molecule has 7 heteroatoms. The van der Waals surface area contributed by atoms with E-state index in [1.165, 1.54) is 0 Å². The molecule has 2 heterocycles. The maximum absolute atomic E-state index is 13.7. The van der Waals surface area contributed by atoms with E-state index in [9.17, 15) is 4.79 Å². The Kier molecular flexibility index (Phi) is 6.14. The number of halogens is 1. The van der Waals surface area contributed by atoms with Crippen molar-refractivity contribution < 1.29 is 4.74 Å². The van der Waals surface area contributed by atoms with Gasteiger partial charge in [0.05, 0.1) is 12.3 Å². The van der Waals surface area contributed by atoms with Gasteiger partial charge in [-0.1, -0.05) is 43.1 Å². The fourth-order valence-corrected chi connectivity index (χ4v) is 3.91. The first-order valence-corrected chi connectivity index (χ1v) is 11.6. The number of fused-ring (bicyclic) bond motifs is 1. The summed E-state index contributed by atoms with van der Waals surface area (Å²) in [5.41, 5.74) is 2.88. The van der Waals surface area contributed by atoms with Crippen LogP contribution < -0.4 is 10.3 Å². The highest BCUT2D eigenvalue weighted by Gasteiger charge is 2.19. The van der Waals surface area contributed by atoms with Crippen molar-refractivity contribution in [2.24, 2.45) is 0 Å². The number of hydrogen-bond donors (Lipinski definition) is 0. The molecule has 3 aromatic carbocycles. The van der Waals surface area contributed by atoms with Crippen LogP contribution in [0.1, 0.15) is 19.8 Å². The van der Waals surface area contributed by atoms with E-state index in [2.05, 4.69) is 11.9 Å². The van der Waals surface area contributed by atoms with E-state index in [0.717, 1.165) is 29.8 Å². The summed E-state index contributed by atoms with van der Waals surface area (Å²) in [7, 11) is 0. The molecule has 0 unspecified atom stereocenters. The van der Waals surface area contributed by atoms with Crippen LogP contribution in [0, 0.1) is 0 Å². The predicted molar refractivity (Wildman–Crippen MR) is 135 cm³/mol. The molecule has 0 fully saturated rings. The Morgan fingerprint density at radius 1 is 0.912 bits per heavy atom. The monoisotopic (exact) mass is 470 g/mol. The third kappa shape index (κ3) is 4.20. The van der Waals surface area contributed by atoms with Crippen LogP contribution in [0.15, 0.2) is 90.0 Å². The average molecular weight is 471 g/mol. The molecule has 2 aromatic heterocycles. The lowest BCUT2D eigenvalue weighted by molar-refractivity contribution is 0.309. The number of benzene rings is 3. The van der Waals surface area contributed by atoms with Crippen LogP contribution >= 0.6 is 11.6 Å². The van der Waals surface area contributed by atoms with Crippen molar-refractivity contribution in [3.8, 4) is 28.5 Å². The zero-order valence-electron chi connectivity index (χ0n) is 18.7. The van der Waals surface area contributed by atoms with Crippen LogP contribution in [0.4, 0.5) is 0 Å². The molecular weight excluding hydrogens is 448 g/mol. The molecule has 0 aliphatic rings. The molecule has 6 nitrogen and oxygen atoms in total. The molecular formula is C27H23ClN4O2. The molecule has 0 amide bonds. The molecule has 0 bridgehead atoms. The second-order valence-electron chi connectivity index (χ2n) is 7.90. The van der Waals surface area contributed by atoms with Gasteiger partial charge < -0.3 is 4.74 Å². The van der Waals surface area contributed by atoms with Gasteiger partial charge in [-0.05, 0) is 67.1 Å². The van der Waals surface area contributed by atoms with E-state index in [-0.39, 0.29) is 5.56 Å². The first kappa shape index (κ1) is 21.9. The highest BCUT2D eigenvalue weighted by Crippen LogP contribution is 2.26. The minimum atomic E-state index is -0.250. The Morgan fingerprint density at radius 3 is 2.35 bits per heavy atom. The van der Waals surface area contributed by atoms with Crippen molar-refractivity contribution in [1.82, 2.24) is 19.1 Å². The minimum Gasteiger partial charge on any atom is -0.494 e. The third-order valence-corrected chi connectivity index (χ3v) is 5.82. The zero-order valence-corrected chi connectivity index (χ0v) is 19.4. The van der Waals surface area contributed by atoms with Crippen LogP contribution in [0.2, 0.25) is 5.02 Å². The predicted octanol–water partition coefficient (Wildman–Crippen LogP) is 6.07. The van der Waals surface area contributed by atoms with Gasteiger partial charge in [-0.2, -0.15) is 0 Å². The summed E-state index contributed by atoms with van der Waals surface area (Å²) >= 11 is 6.10. The SMILES string of the molecule is CCCCOc1ccc(-c2nc3c(ncn3-c3ccccc3)c(=O)n2-c2ccc(Cl)cc2)cc1. The Labute approximate surface area is 202 Å². The first-order valence-electron chi connectivity index (χ1n) is 11.2. The lowest BCUT2D eigenvalue weighted by Crippen LogP contribution is -2.22. The van der Waals surface area contributed by atoms with Crippen molar-refractivity contribution >= 4 is 22.8 Å². The maximum Gasteiger partial charge on any atom is 0.286 e. The summed E-state index contributed by atoms with van der Waals surface area (Å²) in [6.07, 6.45) is 3.71. The van der Waals surface area contributed by atoms with E-state index in [1.54, 1.807) is 35.2 Å². The Morgan fingerprint density at radius 2 is 1.65 bits per heavy atom. The second kappa shape index (κ2) is 9.53. The summed E-state index contributed by atoms with van der Waals surface area (Å²) in [4.78, 5) is 23.0. The fraction of sp³-hybridized carbons (Fsp3) is 0.148. The molecule has 170 valence electrons. The summed E-state index contributed by atoms with van der Waals surface area (Å²) < 4.78 is 9.21. The summed E-state index contributed by atoms with van der Waals surface area (Å²) in [6, 6.07) is 24.5. The Balaban J connectivity index is 1.70. The van der Waals surface area contributed by atoms with Crippen molar-refractivity contribution in [2.75, 3.05) is 6.61 Å². The molecule has 34 heavy (non-hydrogen) atoms. The third-order valence-electron chi connectivity index (χ3n) is 5.57. The summed E-state index contributed by atoms with van der Waals surface area (Å²) in [5, 5.41) is 0.592. The van der Waals surface area contributed by atoms with E-state index in [1.807, 2.05) is 59.2 Å². The van der Waals surface area contributed by atoms with Gasteiger partial charge in [-0.25, -0.2) is 9.97 Å². The number of rotatable bonds is 7. The quantitative estimate of drug-likeness (QED) is 0.271. The van der Waals surface area contributed by atoms with Gasteiger partial charge in [0.25, 0.3) is 5.56 Å². The fourth-order valence-electron chi connectivity index (χ4n) is 3.79. The number of imidazole rings is 1. The van der Waals surface area contributed by atoms with Gasteiger partial charge in [0.15, 0.2) is 11.2 Å². The highest BCUT2D eigenvalue weighted by molar-refractivity contribution is 6.30. The summed E-state index contributed by atoms with van der Waals surface area (Å²) in [5.74, 6) is 1.30. The molecule has 0 radical (unpaired) electrons. The largest absolute Gasteiger partial charge is 0.494 e. The smallest absolute Gasteiger partial charge is 0.286 e. The lowest BCUT2D eigenvalue weighted by Gasteiger charge is -2.14. The molecule has 0 spiro atoms. The molecule has 0 aliphatic carbocycles. The van der Waals surface area contributed by atoms with E-state index in [4.69, 9.17) is 21.3 Å². The highest BCUT2D eigenvalue weighted by atomic mass is 35.5. The van der Waals surface area contributed by atoms with Crippen LogP contribution in [-0.2, 0) is 0 Å². The molecule has 0 saturated heterocycles. The van der Waals surface area contributed by atoms with Crippen molar-refractivity contribution in [3.05, 3.63) is 101 Å². The van der Waals surface area contributed by atoms with Crippen LogP contribution in [-0.4, -0.2) is 25.7 Å². The van der Waals surface area contributed by atoms with E-state index < -0.39 is 0 Å². The van der Waals surface area contributed by atoms with Crippen LogP contribution in [0.25, 0.3) is 33.9 Å². The number of aromatic nitrogens is 4. The van der Waals surface area contributed by atoms with Crippen molar-refractivity contribution in [2.45, 2.75) is 19.8 Å². The van der Waals surface area contributed by atoms with Gasteiger partial charge in [0.1, 0.15) is 17.9 Å². The molecule has 0 atom stereocenters. The van der Waals surface area contributed by atoms with Crippen molar-refractivity contribution in [1.29, 1.82) is 0 Å². The Bertz CT molecular complexity index is 1470. The van der Waals surface area contributed by atoms with Crippen LogP contribution in [0.5, 0.6) is 5.75 Å². The zero-order chi connectivity index (χ0) is 23.5. The number of unbranched alkanes of at least 4 members (excludes halogenated alkanes) is 1. The molecule has 5 aromatic rings.